The van der Waals surface area contributed by atoms with Gasteiger partial charge < -0.3 is 24.0 Å². The average molecular weight is 529 g/mol. The zero-order valence-electron chi connectivity index (χ0n) is 22.8. The lowest BCUT2D eigenvalue weighted by Crippen LogP contribution is -2.50. The van der Waals surface area contributed by atoms with Crippen LogP contribution in [0, 0.1) is 5.82 Å². The molecule has 0 saturated carbocycles. The van der Waals surface area contributed by atoms with Gasteiger partial charge in [-0.3, -0.25) is 0 Å². The molecule has 0 bridgehead atoms. The molecule has 0 atom stereocenters. The number of carbonyl (C=O) groups excluding carboxylic acids is 1. The molecule has 0 N–H and O–H groups in total. The van der Waals surface area contributed by atoms with Gasteiger partial charge in [-0.2, -0.15) is 5.10 Å². The molecule has 0 aliphatic carbocycles. The Morgan fingerprint density at radius 2 is 1.82 bits per heavy atom. The van der Waals surface area contributed by atoms with Crippen LogP contribution in [0.25, 0.3) is 16.8 Å². The van der Waals surface area contributed by atoms with Crippen molar-refractivity contribution in [3.8, 4) is 17.0 Å². The van der Waals surface area contributed by atoms with Gasteiger partial charge in [0, 0.05) is 50.8 Å². The van der Waals surface area contributed by atoms with E-state index in [0.717, 1.165) is 18.4 Å². The number of nitrogens with zero attached hydrogens (tertiary/aromatic N) is 6. The number of halogens is 1. The van der Waals surface area contributed by atoms with E-state index in [4.69, 9.17) is 14.2 Å². The maximum Gasteiger partial charge on any atom is 0.410 e. The third-order valence-corrected chi connectivity index (χ3v) is 6.17. The normalized spacial score (nSPS) is 16.7. The van der Waals surface area contributed by atoms with E-state index in [0.29, 0.717) is 56.5 Å². The number of piperazine rings is 1. The van der Waals surface area contributed by atoms with Gasteiger partial charge in [-0.25, -0.2) is 23.7 Å². The zero-order chi connectivity index (χ0) is 27.3. The molecule has 5 heterocycles. The van der Waals surface area contributed by atoms with Crippen LogP contribution in [0.3, 0.4) is 0 Å². The van der Waals surface area contributed by atoms with Crippen LogP contribution in [-0.4, -0.2) is 81.7 Å². The van der Waals surface area contributed by atoms with Gasteiger partial charge in [-0.15, -0.1) is 0 Å². The Morgan fingerprint density at radius 3 is 2.50 bits per heavy atom. The van der Waals surface area contributed by atoms with E-state index in [-0.39, 0.29) is 18.0 Å². The fourth-order valence-electron chi connectivity index (χ4n) is 4.36. The maximum atomic E-state index is 15.1. The SMILES string of the molecule is CC.CC(C)(C)OC(=O)N1CCN(c2nc3c(-c4cccnc4OC4CCOCC4)cnn3cc2F)CC1. The summed E-state index contributed by atoms with van der Waals surface area (Å²) in [6.45, 7) is 12.5. The third-order valence-electron chi connectivity index (χ3n) is 6.17. The molecular formula is C27H37FN6O4. The van der Waals surface area contributed by atoms with E-state index >= 15 is 4.39 Å². The Balaban J connectivity index is 0.00000164. The summed E-state index contributed by atoms with van der Waals surface area (Å²) < 4.78 is 33.6. The first-order chi connectivity index (χ1) is 18.3. The zero-order valence-corrected chi connectivity index (χ0v) is 22.8. The Morgan fingerprint density at radius 1 is 1.11 bits per heavy atom. The molecule has 38 heavy (non-hydrogen) atoms. The van der Waals surface area contributed by atoms with E-state index in [1.54, 1.807) is 17.3 Å². The van der Waals surface area contributed by atoms with Crippen molar-refractivity contribution in [2.24, 2.45) is 0 Å². The molecule has 0 spiro atoms. The lowest BCUT2D eigenvalue weighted by atomic mass is 10.1. The number of amides is 1. The van der Waals surface area contributed by atoms with Crippen LogP contribution in [0.2, 0.25) is 0 Å². The predicted molar refractivity (Wildman–Crippen MR) is 142 cm³/mol. The summed E-state index contributed by atoms with van der Waals surface area (Å²) in [4.78, 5) is 25.0. The lowest BCUT2D eigenvalue weighted by Gasteiger charge is -2.36. The van der Waals surface area contributed by atoms with E-state index in [9.17, 15) is 4.79 Å². The molecule has 10 nitrogen and oxygen atoms in total. The summed E-state index contributed by atoms with van der Waals surface area (Å²) in [5, 5.41) is 4.32. The van der Waals surface area contributed by atoms with E-state index in [2.05, 4.69) is 15.1 Å². The Kier molecular flexibility index (Phi) is 8.65. The van der Waals surface area contributed by atoms with Crippen molar-refractivity contribution in [1.82, 2.24) is 24.5 Å². The summed E-state index contributed by atoms with van der Waals surface area (Å²) in [6, 6.07) is 3.74. The van der Waals surface area contributed by atoms with Gasteiger partial charge >= 0.3 is 6.09 Å². The van der Waals surface area contributed by atoms with Crippen molar-refractivity contribution < 1.29 is 23.4 Å². The molecule has 0 radical (unpaired) electrons. The summed E-state index contributed by atoms with van der Waals surface area (Å²) in [6.07, 6.45) is 5.93. The number of rotatable bonds is 4. The number of fused-ring (bicyclic) bond motifs is 1. The lowest BCUT2D eigenvalue weighted by molar-refractivity contribution is 0.0235. The van der Waals surface area contributed by atoms with E-state index in [1.807, 2.05) is 51.7 Å². The molecule has 0 aromatic carbocycles. The van der Waals surface area contributed by atoms with Crippen molar-refractivity contribution in [3.05, 3.63) is 36.5 Å². The molecule has 11 heteroatoms. The topological polar surface area (TPSA) is 94.3 Å². The molecular weight excluding hydrogens is 491 g/mol. The summed E-state index contributed by atoms with van der Waals surface area (Å²) in [5.41, 5.74) is 1.40. The number of carbonyl (C=O) groups is 1. The van der Waals surface area contributed by atoms with Crippen molar-refractivity contribution in [2.75, 3.05) is 44.3 Å². The fourth-order valence-corrected chi connectivity index (χ4v) is 4.36. The number of aromatic nitrogens is 4. The molecule has 206 valence electrons. The number of ether oxygens (including phenoxy) is 3. The highest BCUT2D eigenvalue weighted by atomic mass is 19.1. The van der Waals surface area contributed by atoms with Gasteiger partial charge in [-0.05, 0) is 32.9 Å². The second-order valence-electron chi connectivity index (χ2n) is 9.98. The molecule has 2 saturated heterocycles. The van der Waals surface area contributed by atoms with Crippen LogP contribution >= 0.6 is 0 Å². The largest absolute Gasteiger partial charge is 0.474 e. The highest BCUT2D eigenvalue weighted by Crippen LogP contribution is 2.33. The standard InChI is InChI=1S/C25H31FN6O4.C2H6/c1-25(2,3)36-24(33)31-11-9-30(10-12-31)22-20(26)16-32-21(29-22)19(15-28-32)18-5-4-8-27-23(18)35-17-6-13-34-14-7-17;1-2/h4-5,8,15-17H,6-7,9-14H2,1-3H3;1-2H3. The minimum atomic E-state index is -0.565. The number of anilines is 1. The molecule has 2 aliphatic heterocycles. The van der Waals surface area contributed by atoms with Gasteiger partial charge in [0.1, 0.15) is 11.7 Å². The second kappa shape index (κ2) is 11.9. The van der Waals surface area contributed by atoms with Crippen molar-refractivity contribution in [1.29, 1.82) is 0 Å². The highest BCUT2D eigenvalue weighted by Gasteiger charge is 2.28. The van der Waals surface area contributed by atoms with Crippen molar-refractivity contribution in [3.63, 3.8) is 0 Å². The first-order valence-electron chi connectivity index (χ1n) is 13.2. The Labute approximate surface area is 222 Å². The van der Waals surface area contributed by atoms with E-state index < -0.39 is 11.4 Å². The van der Waals surface area contributed by atoms with Gasteiger partial charge in [0.2, 0.25) is 5.88 Å². The highest BCUT2D eigenvalue weighted by molar-refractivity contribution is 5.80. The smallest absolute Gasteiger partial charge is 0.410 e. The molecule has 1 amide bonds. The Bertz CT molecular complexity index is 1230. The van der Waals surface area contributed by atoms with Crippen LogP contribution < -0.4 is 9.64 Å². The van der Waals surface area contributed by atoms with Crippen LogP contribution in [0.15, 0.2) is 30.7 Å². The van der Waals surface area contributed by atoms with Crippen LogP contribution in [-0.2, 0) is 9.47 Å². The van der Waals surface area contributed by atoms with Gasteiger partial charge in [0.05, 0.1) is 31.2 Å². The second-order valence-corrected chi connectivity index (χ2v) is 9.98. The maximum absolute atomic E-state index is 15.1. The molecule has 0 unspecified atom stereocenters. The first kappa shape index (κ1) is 27.6. The predicted octanol–water partition coefficient (Wildman–Crippen LogP) is 4.57. The van der Waals surface area contributed by atoms with Crippen molar-refractivity contribution in [2.45, 2.75) is 59.2 Å². The van der Waals surface area contributed by atoms with Crippen LogP contribution in [0.5, 0.6) is 5.88 Å². The molecule has 2 aliphatic rings. The summed E-state index contributed by atoms with van der Waals surface area (Å²) in [5.74, 6) is 0.245. The number of hydrogen-bond donors (Lipinski definition) is 0. The van der Waals surface area contributed by atoms with Crippen LogP contribution in [0.1, 0.15) is 47.5 Å². The first-order valence-corrected chi connectivity index (χ1v) is 13.2. The van der Waals surface area contributed by atoms with E-state index in [1.165, 1.54) is 10.7 Å². The Hall–Kier alpha value is -3.47. The van der Waals surface area contributed by atoms with Crippen LogP contribution in [0.4, 0.5) is 15.0 Å². The minimum Gasteiger partial charge on any atom is -0.474 e. The minimum absolute atomic E-state index is 0.0245. The number of hydrogen-bond acceptors (Lipinski definition) is 8. The van der Waals surface area contributed by atoms with Gasteiger partial charge in [-0.1, -0.05) is 13.8 Å². The average Bonchev–Trinajstić information content (AvgIpc) is 3.32. The quantitative estimate of drug-likeness (QED) is 0.486. The monoisotopic (exact) mass is 528 g/mol. The number of pyridine rings is 1. The molecule has 5 rings (SSSR count). The third kappa shape index (κ3) is 6.32. The van der Waals surface area contributed by atoms with Gasteiger partial charge in [0.15, 0.2) is 17.3 Å². The summed E-state index contributed by atoms with van der Waals surface area (Å²) >= 11 is 0. The van der Waals surface area contributed by atoms with Crippen molar-refractivity contribution >= 4 is 17.6 Å². The molecule has 3 aromatic rings. The summed E-state index contributed by atoms with van der Waals surface area (Å²) in [7, 11) is 0. The molecule has 3 aromatic heterocycles. The molecule has 2 fully saturated rings. The fraction of sp³-hybridized carbons (Fsp3) is 0.556. The van der Waals surface area contributed by atoms with Gasteiger partial charge in [0.25, 0.3) is 0 Å².